The topological polar surface area (TPSA) is 88.5 Å². The molecule has 1 aliphatic rings. The van der Waals surface area contributed by atoms with Crippen LogP contribution in [-0.4, -0.2) is 28.6 Å². The molecule has 0 unspecified atom stereocenters. The summed E-state index contributed by atoms with van der Waals surface area (Å²) in [5, 5.41) is 11.5. The molecule has 0 spiro atoms. The van der Waals surface area contributed by atoms with Gasteiger partial charge < -0.3 is 15.2 Å². The zero-order valence-electron chi connectivity index (χ0n) is 13.7. The molecule has 0 radical (unpaired) electrons. The van der Waals surface area contributed by atoms with E-state index in [1.807, 2.05) is 0 Å². The Kier molecular flexibility index (Phi) is 5.37. The Balaban J connectivity index is 1.66. The number of amides is 1. The maximum Gasteiger partial charge on any atom is 0.307 e. The van der Waals surface area contributed by atoms with E-state index in [1.54, 1.807) is 0 Å². The van der Waals surface area contributed by atoms with Crippen LogP contribution in [0.1, 0.15) is 28.8 Å². The van der Waals surface area contributed by atoms with Crippen LogP contribution < -0.4 is 10.1 Å². The van der Waals surface area contributed by atoms with Gasteiger partial charge in [-0.25, -0.2) is 9.37 Å². The average Bonchev–Trinajstić information content (AvgIpc) is 3.40. The number of rotatable bonds is 7. The van der Waals surface area contributed by atoms with E-state index < -0.39 is 24.1 Å². The Hall–Kier alpha value is -2.67. The number of benzene rings is 1. The van der Waals surface area contributed by atoms with E-state index in [-0.39, 0.29) is 27.7 Å². The summed E-state index contributed by atoms with van der Waals surface area (Å²) < 4.78 is 19.4. The molecule has 1 amide bonds. The number of aromatic nitrogens is 1. The Labute approximate surface area is 154 Å². The molecule has 0 aliphatic heterocycles. The van der Waals surface area contributed by atoms with Gasteiger partial charge in [-0.1, -0.05) is 17.7 Å². The molecular weight excluding hydrogens is 363 g/mol. The normalized spacial score (nSPS) is 13.3. The van der Waals surface area contributed by atoms with Gasteiger partial charge in [0.25, 0.3) is 5.91 Å². The lowest BCUT2D eigenvalue weighted by Gasteiger charge is -2.09. The van der Waals surface area contributed by atoms with Crippen LogP contribution in [0.5, 0.6) is 5.88 Å². The number of ether oxygens (including phenoxy) is 1. The van der Waals surface area contributed by atoms with Crippen molar-refractivity contribution in [2.75, 3.05) is 11.9 Å². The quantitative estimate of drug-likeness (QED) is 0.769. The molecule has 0 saturated heterocycles. The van der Waals surface area contributed by atoms with Crippen molar-refractivity contribution in [2.24, 2.45) is 5.92 Å². The number of nitrogens with one attached hydrogen (secondary N) is 1. The first-order valence-corrected chi connectivity index (χ1v) is 8.40. The second-order valence-corrected chi connectivity index (χ2v) is 6.50. The second-order valence-electron chi connectivity index (χ2n) is 6.10. The number of carbonyl (C=O) groups is 2. The van der Waals surface area contributed by atoms with E-state index in [0.29, 0.717) is 12.5 Å². The van der Waals surface area contributed by atoms with Gasteiger partial charge >= 0.3 is 5.97 Å². The zero-order valence-corrected chi connectivity index (χ0v) is 14.4. The first kappa shape index (κ1) is 18.1. The lowest BCUT2D eigenvalue weighted by atomic mass is 10.1. The number of pyridine rings is 1. The number of halogens is 2. The van der Waals surface area contributed by atoms with Crippen LogP contribution in [0.2, 0.25) is 5.02 Å². The molecule has 1 saturated carbocycles. The van der Waals surface area contributed by atoms with Crippen LogP contribution in [0.15, 0.2) is 30.5 Å². The number of carbonyl (C=O) groups excluding carboxylic acids is 1. The lowest BCUT2D eigenvalue weighted by Crippen LogP contribution is -2.13. The SMILES string of the molecule is O=C(O)Cc1ccc(NC(=O)c2cnc(OCC3CC3)c(Cl)c2)cc1F. The Morgan fingerprint density at radius 2 is 2.12 bits per heavy atom. The van der Waals surface area contributed by atoms with Gasteiger partial charge in [-0.2, -0.15) is 0 Å². The van der Waals surface area contributed by atoms with E-state index in [0.717, 1.165) is 18.9 Å². The molecule has 3 rings (SSSR count). The summed E-state index contributed by atoms with van der Waals surface area (Å²) in [6, 6.07) is 5.25. The number of aliphatic carboxylic acids is 1. The van der Waals surface area contributed by atoms with Gasteiger partial charge in [0.1, 0.15) is 10.8 Å². The molecule has 1 heterocycles. The molecule has 1 aromatic heterocycles. The minimum atomic E-state index is -1.13. The van der Waals surface area contributed by atoms with Crippen LogP contribution in [0.25, 0.3) is 0 Å². The van der Waals surface area contributed by atoms with Crippen LogP contribution in [-0.2, 0) is 11.2 Å². The van der Waals surface area contributed by atoms with E-state index in [4.69, 9.17) is 21.4 Å². The maximum atomic E-state index is 13.9. The Morgan fingerprint density at radius 3 is 2.73 bits per heavy atom. The predicted octanol–water partition coefficient (Wildman–Crippen LogP) is 3.54. The number of carboxylic acids is 1. The molecule has 1 aliphatic carbocycles. The van der Waals surface area contributed by atoms with Gasteiger partial charge in [-0.05, 0) is 42.5 Å². The van der Waals surface area contributed by atoms with Crippen molar-refractivity contribution in [3.05, 3.63) is 52.4 Å². The fourth-order valence-electron chi connectivity index (χ4n) is 2.27. The minimum Gasteiger partial charge on any atom is -0.481 e. The minimum absolute atomic E-state index is 0.0392. The third-order valence-corrected chi connectivity index (χ3v) is 4.15. The van der Waals surface area contributed by atoms with E-state index >= 15 is 0 Å². The molecule has 2 aromatic rings. The molecule has 6 nitrogen and oxygen atoms in total. The third-order valence-electron chi connectivity index (χ3n) is 3.87. The Bertz CT molecular complexity index is 855. The van der Waals surface area contributed by atoms with Crippen LogP contribution in [0, 0.1) is 11.7 Å². The number of hydrogen-bond acceptors (Lipinski definition) is 4. The van der Waals surface area contributed by atoms with Crippen molar-refractivity contribution >= 4 is 29.2 Å². The molecule has 136 valence electrons. The first-order chi connectivity index (χ1) is 12.4. The monoisotopic (exact) mass is 378 g/mol. The molecule has 1 aromatic carbocycles. The highest BCUT2D eigenvalue weighted by Gasteiger charge is 2.23. The molecule has 1 fully saturated rings. The van der Waals surface area contributed by atoms with Gasteiger partial charge in [0.05, 0.1) is 18.6 Å². The fraction of sp³-hybridized carbons (Fsp3) is 0.278. The van der Waals surface area contributed by atoms with Crippen LogP contribution >= 0.6 is 11.6 Å². The number of nitrogens with zero attached hydrogens (tertiary/aromatic N) is 1. The standard InChI is InChI=1S/C18H16ClFN2O4/c19-14-5-12(8-21-18(14)26-9-10-1-2-10)17(25)22-13-4-3-11(6-16(23)24)15(20)7-13/h3-5,7-8,10H,1-2,6,9H2,(H,22,25)(H,23,24). The highest BCUT2D eigenvalue weighted by molar-refractivity contribution is 6.32. The highest BCUT2D eigenvalue weighted by Crippen LogP contribution is 2.31. The van der Waals surface area contributed by atoms with Gasteiger partial charge in [-0.3, -0.25) is 9.59 Å². The second kappa shape index (κ2) is 7.70. The number of anilines is 1. The molecule has 0 bridgehead atoms. The van der Waals surface area contributed by atoms with E-state index in [1.165, 1.54) is 24.4 Å². The van der Waals surface area contributed by atoms with Crippen LogP contribution in [0.4, 0.5) is 10.1 Å². The maximum absolute atomic E-state index is 13.9. The summed E-state index contributed by atoms with van der Waals surface area (Å²) in [6.07, 6.45) is 3.18. The van der Waals surface area contributed by atoms with Gasteiger partial charge in [0.2, 0.25) is 5.88 Å². The van der Waals surface area contributed by atoms with E-state index in [2.05, 4.69) is 10.3 Å². The summed E-state index contributed by atoms with van der Waals surface area (Å²) >= 11 is 6.09. The molecule has 26 heavy (non-hydrogen) atoms. The zero-order chi connectivity index (χ0) is 18.7. The number of carboxylic acid groups (broad SMARTS) is 1. The average molecular weight is 379 g/mol. The van der Waals surface area contributed by atoms with E-state index in [9.17, 15) is 14.0 Å². The first-order valence-electron chi connectivity index (χ1n) is 8.02. The highest BCUT2D eigenvalue weighted by atomic mass is 35.5. The summed E-state index contributed by atoms with van der Waals surface area (Å²) in [5.41, 5.74) is 0.438. The summed E-state index contributed by atoms with van der Waals surface area (Å²) in [4.78, 5) is 27.0. The lowest BCUT2D eigenvalue weighted by molar-refractivity contribution is -0.136. The van der Waals surface area contributed by atoms with Gasteiger partial charge in [0, 0.05) is 11.9 Å². The molecule has 8 heteroatoms. The fourth-order valence-corrected chi connectivity index (χ4v) is 2.49. The van der Waals surface area contributed by atoms with Crippen molar-refractivity contribution in [1.82, 2.24) is 4.98 Å². The van der Waals surface area contributed by atoms with Crippen molar-refractivity contribution in [1.29, 1.82) is 0 Å². The van der Waals surface area contributed by atoms with Gasteiger partial charge in [0.15, 0.2) is 0 Å². The largest absolute Gasteiger partial charge is 0.481 e. The number of hydrogen-bond donors (Lipinski definition) is 2. The Morgan fingerprint density at radius 1 is 1.35 bits per heavy atom. The summed E-state index contributed by atoms with van der Waals surface area (Å²) in [6.45, 7) is 0.556. The van der Waals surface area contributed by atoms with Crippen molar-refractivity contribution in [3.63, 3.8) is 0 Å². The molecule has 0 atom stereocenters. The molecule has 2 N–H and O–H groups in total. The smallest absolute Gasteiger partial charge is 0.307 e. The molecular formula is C18H16ClFN2O4. The van der Waals surface area contributed by atoms with Gasteiger partial charge in [-0.15, -0.1) is 0 Å². The predicted molar refractivity (Wildman–Crippen MR) is 93.2 cm³/mol. The van der Waals surface area contributed by atoms with Crippen LogP contribution in [0.3, 0.4) is 0 Å². The van der Waals surface area contributed by atoms with Crippen molar-refractivity contribution in [2.45, 2.75) is 19.3 Å². The summed E-state index contributed by atoms with van der Waals surface area (Å²) in [7, 11) is 0. The van der Waals surface area contributed by atoms with Crippen molar-refractivity contribution < 1.29 is 23.8 Å². The third kappa shape index (κ3) is 4.70. The van der Waals surface area contributed by atoms with Crippen molar-refractivity contribution in [3.8, 4) is 5.88 Å². The summed E-state index contributed by atoms with van der Waals surface area (Å²) in [5.74, 6) is -1.52.